The zero-order valence-electron chi connectivity index (χ0n) is 15.2. The van der Waals surface area contributed by atoms with Crippen LogP contribution in [0.25, 0.3) is 0 Å². The molecule has 0 bridgehead atoms. The van der Waals surface area contributed by atoms with Gasteiger partial charge in [-0.1, -0.05) is 56.7 Å². The first-order chi connectivity index (χ1) is 11.6. The third kappa shape index (κ3) is 8.05. The van der Waals surface area contributed by atoms with Crippen molar-refractivity contribution in [3.05, 3.63) is 58.8 Å². The van der Waals surface area contributed by atoms with Crippen molar-refractivity contribution in [2.24, 2.45) is 5.92 Å². The normalized spacial score (nSPS) is 13.3. The quantitative estimate of drug-likeness (QED) is 0.504. The number of ketones is 1. The van der Waals surface area contributed by atoms with Crippen LogP contribution in [0.2, 0.25) is 0 Å². The molecule has 0 spiro atoms. The van der Waals surface area contributed by atoms with Crippen molar-refractivity contribution in [2.45, 2.75) is 53.3 Å². The fourth-order valence-electron chi connectivity index (χ4n) is 2.17. The lowest BCUT2D eigenvalue weighted by molar-refractivity contribution is -0.127. The highest BCUT2D eigenvalue weighted by Crippen LogP contribution is 2.21. The third-order valence-corrected chi connectivity index (χ3v) is 3.76. The number of alkyl halides is 3. The number of halogens is 3. The Morgan fingerprint density at radius 3 is 2.20 bits per heavy atom. The summed E-state index contributed by atoms with van der Waals surface area (Å²) in [6.07, 6.45) is -0.691. The molecule has 5 heteroatoms. The van der Waals surface area contributed by atoms with E-state index in [1.54, 1.807) is 18.3 Å². The van der Waals surface area contributed by atoms with E-state index in [-0.39, 0.29) is 17.3 Å². The van der Waals surface area contributed by atoms with Crippen LogP contribution in [0.1, 0.15) is 45.2 Å². The molecular formula is C20H26F3NO. The minimum atomic E-state index is -4.20. The van der Waals surface area contributed by atoms with E-state index in [2.05, 4.69) is 5.32 Å². The Morgan fingerprint density at radius 1 is 1.16 bits per heavy atom. The summed E-state index contributed by atoms with van der Waals surface area (Å²) in [7, 11) is 0. The maximum Gasteiger partial charge on any atom is 0.393 e. The Labute approximate surface area is 147 Å². The molecular weight excluding hydrogens is 327 g/mol. The average molecular weight is 353 g/mol. The van der Waals surface area contributed by atoms with Crippen LogP contribution in [-0.2, 0) is 17.8 Å². The first-order valence-electron chi connectivity index (χ1n) is 8.42. The van der Waals surface area contributed by atoms with Crippen molar-refractivity contribution in [3.8, 4) is 0 Å². The molecule has 0 saturated heterocycles. The number of allylic oxidation sites excluding steroid dienone is 3. The van der Waals surface area contributed by atoms with Crippen LogP contribution in [0.3, 0.4) is 0 Å². The monoisotopic (exact) mass is 353 g/mol. The molecule has 1 aromatic rings. The largest absolute Gasteiger partial charge is 0.393 e. The summed E-state index contributed by atoms with van der Waals surface area (Å²) in [6.45, 7) is 8.15. The topological polar surface area (TPSA) is 29.1 Å². The molecule has 1 N–H and O–H groups in total. The minimum Gasteiger partial charge on any atom is -0.386 e. The van der Waals surface area contributed by atoms with Crippen LogP contribution in [0, 0.1) is 5.92 Å². The molecule has 2 nitrogen and oxygen atoms in total. The Morgan fingerprint density at radius 2 is 1.72 bits per heavy atom. The highest BCUT2D eigenvalue weighted by atomic mass is 19.4. The van der Waals surface area contributed by atoms with Gasteiger partial charge in [0.25, 0.3) is 0 Å². The fraction of sp³-hybridized carbons (Fsp3) is 0.450. The van der Waals surface area contributed by atoms with Gasteiger partial charge in [-0.05, 0) is 24.5 Å². The zero-order valence-corrected chi connectivity index (χ0v) is 15.2. The molecule has 0 aliphatic carbocycles. The van der Waals surface area contributed by atoms with E-state index in [1.165, 1.54) is 12.1 Å². The van der Waals surface area contributed by atoms with Gasteiger partial charge in [0.2, 0.25) is 0 Å². The Balaban J connectivity index is 2.76. The van der Waals surface area contributed by atoms with Gasteiger partial charge in [-0.3, -0.25) is 4.79 Å². The van der Waals surface area contributed by atoms with Gasteiger partial charge < -0.3 is 5.32 Å². The van der Waals surface area contributed by atoms with Gasteiger partial charge in [0.05, 0.1) is 6.42 Å². The molecule has 0 heterocycles. The lowest BCUT2D eigenvalue weighted by Gasteiger charge is -2.09. The number of benzene rings is 1. The van der Waals surface area contributed by atoms with Crippen LogP contribution < -0.4 is 5.32 Å². The molecule has 0 aliphatic rings. The minimum absolute atomic E-state index is 0.0563. The Bertz CT molecular complexity index is 625. The van der Waals surface area contributed by atoms with E-state index in [4.69, 9.17) is 0 Å². The predicted molar refractivity (Wildman–Crippen MR) is 95.0 cm³/mol. The van der Waals surface area contributed by atoms with E-state index >= 15 is 0 Å². The van der Waals surface area contributed by atoms with Crippen LogP contribution >= 0.6 is 0 Å². The van der Waals surface area contributed by atoms with E-state index in [1.807, 2.05) is 33.8 Å². The van der Waals surface area contributed by atoms with Crippen molar-refractivity contribution in [3.63, 3.8) is 0 Å². The summed E-state index contributed by atoms with van der Waals surface area (Å²) in [5.41, 5.74) is 2.82. The van der Waals surface area contributed by atoms with Gasteiger partial charge in [-0.2, -0.15) is 13.2 Å². The molecule has 0 fully saturated rings. The summed E-state index contributed by atoms with van der Waals surface area (Å²) in [4.78, 5) is 12.3. The van der Waals surface area contributed by atoms with Gasteiger partial charge in [-0.25, -0.2) is 0 Å². The van der Waals surface area contributed by atoms with Crippen LogP contribution in [0.5, 0.6) is 0 Å². The molecule has 0 atom stereocenters. The number of carbonyl (C=O) groups is 1. The molecule has 1 aromatic carbocycles. The second-order valence-corrected chi connectivity index (χ2v) is 6.45. The number of rotatable bonds is 8. The highest BCUT2D eigenvalue weighted by Gasteiger charge is 2.27. The van der Waals surface area contributed by atoms with Crippen molar-refractivity contribution in [1.29, 1.82) is 0 Å². The Hall–Kier alpha value is -2.04. The second-order valence-electron chi connectivity index (χ2n) is 6.45. The van der Waals surface area contributed by atoms with Gasteiger partial charge in [0.1, 0.15) is 0 Å². The van der Waals surface area contributed by atoms with Crippen molar-refractivity contribution in [2.75, 3.05) is 0 Å². The first-order valence-corrected chi connectivity index (χ1v) is 8.42. The molecule has 0 aromatic heterocycles. The first kappa shape index (κ1) is 21.0. The maximum atomic E-state index is 12.4. The van der Waals surface area contributed by atoms with Gasteiger partial charge in [0.15, 0.2) is 5.78 Å². The second kappa shape index (κ2) is 9.44. The van der Waals surface area contributed by atoms with Crippen molar-refractivity contribution in [1.82, 2.24) is 5.32 Å². The predicted octanol–water partition coefficient (Wildman–Crippen LogP) is 5.35. The zero-order chi connectivity index (χ0) is 19.0. The number of carbonyl (C=O) groups excluding carboxylic acids is 1. The summed E-state index contributed by atoms with van der Waals surface area (Å²) < 4.78 is 37.1. The third-order valence-electron chi connectivity index (χ3n) is 3.76. The number of Topliss-reactive ketones (excluding diaryl/α,β-unsaturated/α-hetero) is 1. The highest BCUT2D eigenvalue weighted by molar-refractivity contribution is 5.99. The SMILES string of the molecule is CC/C(C)=C/C(=C\NCc1ccc(CC(F)(F)F)cc1)C(=O)C(C)C. The molecule has 1 rings (SSSR count). The Kier molecular flexibility index (Phi) is 7.94. The van der Waals surface area contributed by atoms with Crippen LogP contribution in [-0.4, -0.2) is 12.0 Å². The summed E-state index contributed by atoms with van der Waals surface area (Å²) in [5.74, 6) is -0.0450. The molecule has 0 unspecified atom stereocenters. The summed E-state index contributed by atoms with van der Waals surface area (Å²) in [6, 6.07) is 6.29. The van der Waals surface area contributed by atoms with Gasteiger partial charge >= 0.3 is 6.18 Å². The fourth-order valence-corrected chi connectivity index (χ4v) is 2.17. The molecule has 0 aliphatic heterocycles. The van der Waals surface area contributed by atoms with Crippen molar-refractivity contribution >= 4 is 5.78 Å². The number of hydrogen-bond donors (Lipinski definition) is 1. The maximum absolute atomic E-state index is 12.4. The van der Waals surface area contributed by atoms with Gasteiger partial charge in [0, 0.05) is 24.2 Å². The van der Waals surface area contributed by atoms with E-state index in [0.29, 0.717) is 12.1 Å². The molecule has 0 radical (unpaired) electrons. The molecule has 138 valence electrons. The van der Waals surface area contributed by atoms with E-state index in [0.717, 1.165) is 17.6 Å². The van der Waals surface area contributed by atoms with E-state index < -0.39 is 12.6 Å². The average Bonchev–Trinajstić information content (AvgIpc) is 2.53. The number of nitrogens with one attached hydrogen (secondary N) is 1. The number of hydrogen-bond acceptors (Lipinski definition) is 2. The smallest absolute Gasteiger partial charge is 0.386 e. The lowest BCUT2D eigenvalue weighted by atomic mass is 9.99. The standard InChI is InChI=1S/C20H26F3NO/c1-5-15(4)10-18(19(25)14(2)3)13-24-12-17-8-6-16(7-9-17)11-20(21,22)23/h6-10,13-14,24H,5,11-12H2,1-4H3/b15-10+,18-13+. The van der Waals surface area contributed by atoms with Gasteiger partial charge in [-0.15, -0.1) is 0 Å². The van der Waals surface area contributed by atoms with Crippen LogP contribution in [0.4, 0.5) is 13.2 Å². The molecule has 25 heavy (non-hydrogen) atoms. The van der Waals surface area contributed by atoms with E-state index in [9.17, 15) is 18.0 Å². The molecule has 0 amide bonds. The lowest BCUT2D eigenvalue weighted by Crippen LogP contribution is -2.14. The molecule has 0 saturated carbocycles. The summed E-state index contributed by atoms with van der Waals surface area (Å²) in [5, 5.41) is 3.09. The van der Waals surface area contributed by atoms with Crippen LogP contribution in [0.15, 0.2) is 47.7 Å². The summed E-state index contributed by atoms with van der Waals surface area (Å²) >= 11 is 0. The van der Waals surface area contributed by atoms with Crippen molar-refractivity contribution < 1.29 is 18.0 Å².